The van der Waals surface area contributed by atoms with E-state index in [9.17, 15) is 21.6 Å². The Morgan fingerprint density at radius 2 is 1.86 bits per heavy atom. The summed E-state index contributed by atoms with van der Waals surface area (Å²) < 4.78 is 67.9. The van der Waals surface area contributed by atoms with E-state index in [2.05, 4.69) is 16.3 Å². The molecule has 1 N–H and O–H groups in total. The highest BCUT2D eigenvalue weighted by Gasteiger charge is 2.31. The molecule has 148 valence electrons. The first kappa shape index (κ1) is 20.4. The SMILES string of the molecule is C=Cn1c([C@@H](C)NS(=O)(=O)c2ccc(Cl)cc2)nc2cc(C(F)(F)F)ccc21. The fourth-order valence-corrected chi connectivity index (χ4v) is 4.09. The second-order valence-electron chi connectivity index (χ2n) is 6.02. The van der Waals surface area contributed by atoms with Crippen LogP contribution in [0.15, 0.2) is 53.9 Å². The number of hydrogen-bond donors (Lipinski definition) is 1. The predicted molar refractivity (Wildman–Crippen MR) is 101 cm³/mol. The first-order valence-corrected chi connectivity index (χ1v) is 9.88. The molecule has 2 aromatic carbocycles. The van der Waals surface area contributed by atoms with Gasteiger partial charge in [0.15, 0.2) is 0 Å². The lowest BCUT2D eigenvalue weighted by molar-refractivity contribution is -0.137. The summed E-state index contributed by atoms with van der Waals surface area (Å²) >= 11 is 5.77. The lowest BCUT2D eigenvalue weighted by Gasteiger charge is -2.14. The second kappa shape index (κ2) is 7.23. The molecule has 0 unspecified atom stereocenters. The van der Waals surface area contributed by atoms with Crippen LogP contribution < -0.4 is 4.72 Å². The lowest BCUT2D eigenvalue weighted by Crippen LogP contribution is -2.28. The largest absolute Gasteiger partial charge is 0.416 e. The van der Waals surface area contributed by atoms with Gasteiger partial charge in [-0.05, 0) is 49.4 Å². The molecule has 0 bridgehead atoms. The molecule has 0 radical (unpaired) electrons. The van der Waals surface area contributed by atoms with Gasteiger partial charge in [0.1, 0.15) is 5.82 Å². The van der Waals surface area contributed by atoms with E-state index < -0.39 is 27.8 Å². The third-order valence-electron chi connectivity index (χ3n) is 4.07. The number of hydrogen-bond acceptors (Lipinski definition) is 3. The molecule has 0 aliphatic heterocycles. The van der Waals surface area contributed by atoms with Gasteiger partial charge >= 0.3 is 6.18 Å². The number of halogens is 4. The number of sulfonamides is 1. The van der Waals surface area contributed by atoms with E-state index in [1.165, 1.54) is 41.1 Å². The normalized spacial score (nSPS) is 13.6. The highest BCUT2D eigenvalue weighted by Crippen LogP contribution is 2.32. The summed E-state index contributed by atoms with van der Waals surface area (Å²) in [5.74, 6) is 0.210. The van der Waals surface area contributed by atoms with Crippen molar-refractivity contribution in [2.24, 2.45) is 0 Å². The maximum absolute atomic E-state index is 12.9. The molecule has 1 atom stereocenters. The molecular weight excluding hydrogens is 415 g/mol. The highest BCUT2D eigenvalue weighted by atomic mass is 35.5. The zero-order chi connectivity index (χ0) is 20.7. The summed E-state index contributed by atoms with van der Waals surface area (Å²) in [6.45, 7) is 5.18. The van der Waals surface area contributed by atoms with Crippen molar-refractivity contribution in [1.82, 2.24) is 14.3 Å². The van der Waals surface area contributed by atoms with Crippen LogP contribution in [0.25, 0.3) is 17.2 Å². The van der Waals surface area contributed by atoms with E-state index in [0.29, 0.717) is 10.5 Å². The number of nitrogens with zero attached hydrogens (tertiary/aromatic N) is 2. The molecule has 0 spiro atoms. The van der Waals surface area contributed by atoms with Gasteiger partial charge in [0.2, 0.25) is 10.0 Å². The van der Waals surface area contributed by atoms with Gasteiger partial charge in [-0.15, -0.1) is 0 Å². The molecule has 3 aromatic rings. The third-order valence-corrected chi connectivity index (χ3v) is 5.88. The molecular formula is C18H15ClF3N3O2S. The van der Waals surface area contributed by atoms with Crippen LogP contribution in [0.4, 0.5) is 13.2 Å². The molecule has 28 heavy (non-hydrogen) atoms. The standard InChI is InChI=1S/C18H15ClF3N3O2S/c1-3-25-16-9-4-12(18(20,21)22)10-15(16)23-17(25)11(2)24-28(26,27)14-7-5-13(19)6-8-14/h3-11,24H,1H2,2H3/t11-/m1/s1. The average molecular weight is 430 g/mol. The van der Waals surface area contributed by atoms with Crippen LogP contribution in [0.5, 0.6) is 0 Å². The van der Waals surface area contributed by atoms with Crippen molar-refractivity contribution in [2.75, 3.05) is 0 Å². The monoisotopic (exact) mass is 429 g/mol. The first-order valence-electron chi connectivity index (χ1n) is 8.02. The minimum Gasteiger partial charge on any atom is -0.302 e. The fraction of sp³-hybridized carbons (Fsp3) is 0.167. The highest BCUT2D eigenvalue weighted by molar-refractivity contribution is 7.89. The number of nitrogens with one attached hydrogen (secondary N) is 1. The average Bonchev–Trinajstić information content (AvgIpc) is 2.99. The van der Waals surface area contributed by atoms with Gasteiger partial charge in [0, 0.05) is 11.2 Å². The topological polar surface area (TPSA) is 64.0 Å². The second-order valence-corrected chi connectivity index (χ2v) is 8.17. The van der Waals surface area contributed by atoms with Crippen LogP contribution in [0.2, 0.25) is 5.02 Å². The van der Waals surface area contributed by atoms with Gasteiger partial charge in [-0.3, -0.25) is 0 Å². The van der Waals surface area contributed by atoms with Crippen LogP contribution in [0.3, 0.4) is 0 Å². The predicted octanol–water partition coefficient (Wildman–Crippen LogP) is 4.85. The summed E-state index contributed by atoms with van der Waals surface area (Å²) in [7, 11) is -3.89. The van der Waals surface area contributed by atoms with E-state index in [1.807, 2.05) is 0 Å². The van der Waals surface area contributed by atoms with E-state index in [-0.39, 0.29) is 16.2 Å². The number of fused-ring (bicyclic) bond motifs is 1. The van der Waals surface area contributed by atoms with E-state index in [1.54, 1.807) is 6.92 Å². The van der Waals surface area contributed by atoms with Crippen LogP contribution in [-0.2, 0) is 16.2 Å². The van der Waals surface area contributed by atoms with Crippen molar-refractivity contribution >= 4 is 38.9 Å². The fourth-order valence-electron chi connectivity index (χ4n) is 2.76. The lowest BCUT2D eigenvalue weighted by atomic mass is 10.2. The van der Waals surface area contributed by atoms with Crippen molar-refractivity contribution in [3.8, 4) is 0 Å². The van der Waals surface area contributed by atoms with Crippen LogP contribution in [-0.4, -0.2) is 18.0 Å². The van der Waals surface area contributed by atoms with Crippen molar-refractivity contribution in [2.45, 2.75) is 24.0 Å². The smallest absolute Gasteiger partial charge is 0.302 e. The van der Waals surface area contributed by atoms with Crippen molar-refractivity contribution in [3.63, 3.8) is 0 Å². The molecule has 0 aliphatic carbocycles. The van der Waals surface area contributed by atoms with E-state index in [4.69, 9.17) is 11.6 Å². The maximum atomic E-state index is 12.9. The molecule has 0 amide bonds. The zero-order valence-corrected chi connectivity index (χ0v) is 16.1. The van der Waals surface area contributed by atoms with Crippen molar-refractivity contribution in [1.29, 1.82) is 0 Å². The van der Waals surface area contributed by atoms with E-state index in [0.717, 1.165) is 12.1 Å². The van der Waals surface area contributed by atoms with E-state index >= 15 is 0 Å². The number of imidazole rings is 1. The Kier molecular flexibility index (Phi) is 5.26. The van der Waals surface area contributed by atoms with Gasteiger partial charge in [-0.1, -0.05) is 18.2 Å². The summed E-state index contributed by atoms with van der Waals surface area (Å²) in [6.07, 6.45) is -3.14. The van der Waals surface area contributed by atoms with Gasteiger partial charge in [0.25, 0.3) is 0 Å². The Morgan fingerprint density at radius 3 is 2.43 bits per heavy atom. The molecule has 3 rings (SSSR count). The number of rotatable bonds is 5. The summed E-state index contributed by atoms with van der Waals surface area (Å²) in [6, 6.07) is 7.89. The minimum atomic E-state index is -4.51. The Labute approximate surface area is 164 Å². The molecule has 5 nitrogen and oxygen atoms in total. The Morgan fingerprint density at radius 1 is 1.21 bits per heavy atom. The first-order chi connectivity index (χ1) is 13.0. The Balaban J connectivity index is 2.00. The third kappa shape index (κ3) is 3.91. The molecule has 0 aliphatic rings. The van der Waals surface area contributed by atoms with Crippen LogP contribution >= 0.6 is 11.6 Å². The summed E-state index contributed by atoms with van der Waals surface area (Å²) in [5.41, 5.74) is -0.368. The molecule has 0 saturated carbocycles. The number of benzene rings is 2. The van der Waals surface area contributed by atoms with Crippen LogP contribution in [0, 0.1) is 0 Å². The quantitative estimate of drug-likeness (QED) is 0.630. The van der Waals surface area contributed by atoms with Crippen molar-refractivity contribution < 1.29 is 21.6 Å². The molecule has 10 heteroatoms. The summed E-state index contributed by atoms with van der Waals surface area (Å²) in [4.78, 5) is 4.20. The zero-order valence-electron chi connectivity index (χ0n) is 14.5. The van der Waals surface area contributed by atoms with Crippen molar-refractivity contribution in [3.05, 3.63) is 65.5 Å². The minimum absolute atomic E-state index is 0.00405. The van der Waals surface area contributed by atoms with Gasteiger partial charge < -0.3 is 4.57 Å². The molecule has 1 aromatic heterocycles. The number of aromatic nitrogens is 2. The van der Waals surface area contributed by atoms with Gasteiger partial charge in [0.05, 0.1) is 27.5 Å². The van der Waals surface area contributed by atoms with Crippen LogP contribution in [0.1, 0.15) is 24.4 Å². The number of alkyl halides is 3. The molecule has 0 fully saturated rings. The Bertz CT molecular complexity index is 1140. The van der Waals surface area contributed by atoms with Gasteiger partial charge in [-0.2, -0.15) is 13.2 Å². The summed E-state index contributed by atoms with van der Waals surface area (Å²) in [5, 5.41) is 0.390. The Hall–Kier alpha value is -2.36. The van der Waals surface area contributed by atoms with Gasteiger partial charge in [-0.25, -0.2) is 18.1 Å². The maximum Gasteiger partial charge on any atom is 0.416 e. The molecule has 0 saturated heterocycles. The molecule has 1 heterocycles.